The summed E-state index contributed by atoms with van der Waals surface area (Å²) in [6.07, 6.45) is 1.78. The first-order chi connectivity index (χ1) is 12.6. The number of hydrogen-bond donors (Lipinski definition) is 0. The Morgan fingerprint density at radius 1 is 1.23 bits per heavy atom. The molecule has 132 valence electrons. The number of hydrogen-bond acceptors (Lipinski definition) is 3. The number of aromatic nitrogens is 1. The fourth-order valence-electron chi connectivity index (χ4n) is 3.25. The molecule has 0 unspecified atom stereocenters. The first-order valence-electron chi connectivity index (χ1n) is 8.40. The molecule has 0 spiro atoms. The number of rotatable bonds is 3. The molecule has 0 radical (unpaired) electrons. The number of aryl methyl sites for hydroxylation is 1. The number of para-hydroxylation sites is 1. The van der Waals surface area contributed by atoms with Crippen LogP contribution in [0.3, 0.4) is 0 Å². The van der Waals surface area contributed by atoms with Gasteiger partial charge in [-0.3, -0.25) is 4.79 Å². The molecule has 0 aliphatic carbocycles. The zero-order valence-corrected chi connectivity index (χ0v) is 15.5. The Labute approximate surface area is 160 Å². The van der Waals surface area contributed by atoms with Gasteiger partial charge in [-0.05, 0) is 30.5 Å². The van der Waals surface area contributed by atoms with Gasteiger partial charge in [-0.1, -0.05) is 41.9 Å². The maximum absolute atomic E-state index is 14.3. The number of carbonyl (C=O) groups is 1. The van der Waals surface area contributed by atoms with Crippen molar-refractivity contribution in [1.29, 1.82) is 0 Å². The van der Waals surface area contributed by atoms with Crippen LogP contribution in [0.4, 0.5) is 10.1 Å². The molecule has 3 nitrogen and oxygen atoms in total. The van der Waals surface area contributed by atoms with Crippen LogP contribution in [0.5, 0.6) is 0 Å². The molecular formula is C20H16ClFN2OS. The predicted octanol–water partition coefficient (Wildman–Crippen LogP) is 5.12. The molecule has 0 bridgehead atoms. The van der Waals surface area contributed by atoms with E-state index in [0.717, 1.165) is 29.0 Å². The summed E-state index contributed by atoms with van der Waals surface area (Å²) in [5.74, 6) is -0.474. The van der Waals surface area contributed by atoms with Crippen molar-refractivity contribution in [2.75, 3.05) is 11.4 Å². The van der Waals surface area contributed by atoms with Crippen LogP contribution < -0.4 is 4.90 Å². The maximum Gasteiger partial charge on any atom is 0.233 e. The molecule has 1 amide bonds. The predicted molar refractivity (Wildman–Crippen MR) is 103 cm³/mol. The highest BCUT2D eigenvalue weighted by molar-refractivity contribution is 7.13. The van der Waals surface area contributed by atoms with Gasteiger partial charge in [0, 0.05) is 17.5 Å². The topological polar surface area (TPSA) is 33.2 Å². The van der Waals surface area contributed by atoms with E-state index in [2.05, 4.69) is 4.98 Å². The summed E-state index contributed by atoms with van der Waals surface area (Å²) >= 11 is 7.67. The minimum absolute atomic E-state index is 0.132. The Balaban J connectivity index is 1.57. The third-order valence-electron chi connectivity index (χ3n) is 4.46. The van der Waals surface area contributed by atoms with Crippen LogP contribution in [0.25, 0.3) is 10.6 Å². The second-order valence-electron chi connectivity index (χ2n) is 6.20. The van der Waals surface area contributed by atoms with E-state index in [9.17, 15) is 9.18 Å². The van der Waals surface area contributed by atoms with E-state index in [1.807, 2.05) is 35.7 Å². The van der Waals surface area contributed by atoms with Crippen molar-refractivity contribution in [3.05, 3.63) is 69.9 Å². The molecule has 0 saturated carbocycles. The van der Waals surface area contributed by atoms with Gasteiger partial charge in [0.15, 0.2) is 0 Å². The zero-order chi connectivity index (χ0) is 18.1. The lowest BCUT2D eigenvalue weighted by molar-refractivity contribution is -0.118. The highest BCUT2D eigenvalue weighted by Crippen LogP contribution is 2.32. The van der Waals surface area contributed by atoms with Crippen molar-refractivity contribution >= 4 is 34.5 Å². The molecule has 1 aromatic heterocycles. The molecule has 26 heavy (non-hydrogen) atoms. The normalized spacial score (nSPS) is 13.5. The summed E-state index contributed by atoms with van der Waals surface area (Å²) in [4.78, 5) is 18.9. The second-order valence-corrected chi connectivity index (χ2v) is 7.46. The van der Waals surface area contributed by atoms with Gasteiger partial charge in [0.1, 0.15) is 10.8 Å². The molecule has 0 saturated heterocycles. The van der Waals surface area contributed by atoms with Crippen molar-refractivity contribution in [2.45, 2.75) is 19.3 Å². The maximum atomic E-state index is 14.3. The SMILES string of the molecule is O=C(Cc1csc(-c2ccccc2Cl)n1)N1CCCc2cccc(F)c21. The summed E-state index contributed by atoms with van der Waals surface area (Å²) in [6.45, 7) is 0.536. The number of nitrogens with zero attached hydrogens (tertiary/aromatic N) is 2. The van der Waals surface area contributed by atoms with Gasteiger partial charge in [0.05, 0.1) is 22.8 Å². The van der Waals surface area contributed by atoms with Crippen LogP contribution in [-0.2, 0) is 17.6 Å². The van der Waals surface area contributed by atoms with Crippen LogP contribution in [0.2, 0.25) is 5.02 Å². The first-order valence-corrected chi connectivity index (χ1v) is 9.66. The van der Waals surface area contributed by atoms with E-state index < -0.39 is 0 Å². The minimum Gasteiger partial charge on any atom is -0.309 e. The van der Waals surface area contributed by atoms with Crippen molar-refractivity contribution in [3.8, 4) is 10.6 Å². The van der Waals surface area contributed by atoms with E-state index >= 15 is 0 Å². The Kier molecular flexibility index (Phi) is 4.74. The molecule has 3 aromatic rings. The average molecular weight is 387 g/mol. The van der Waals surface area contributed by atoms with E-state index in [1.165, 1.54) is 17.4 Å². The second kappa shape index (κ2) is 7.17. The molecule has 1 aliphatic heterocycles. The van der Waals surface area contributed by atoms with E-state index in [0.29, 0.717) is 22.9 Å². The highest BCUT2D eigenvalue weighted by Gasteiger charge is 2.26. The van der Waals surface area contributed by atoms with E-state index in [1.54, 1.807) is 11.0 Å². The fourth-order valence-corrected chi connectivity index (χ4v) is 4.39. The fraction of sp³-hybridized carbons (Fsp3) is 0.200. The molecule has 4 rings (SSSR count). The number of benzene rings is 2. The Morgan fingerprint density at radius 3 is 2.92 bits per heavy atom. The summed E-state index contributed by atoms with van der Waals surface area (Å²) in [5.41, 5.74) is 2.84. The van der Waals surface area contributed by atoms with Gasteiger partial charge in [0.25, 0.3) is 0 Å². The number of anilines is 1. The molecule has 0 atom stereocenters. The first kappa shape index (κ1) is 17.2. The minimum atomic E-state index is -0.342. The van der Waals surface area contributed by atoms with Crippen LogP contribution >= 0.6 is 22.9 Å². The average Bonchev–Trinajstić information content (AvgIpc) is 3.10. The van der Waals surface area contributed by atoms with Crippen LogP contribution in [-0.4, -0.2) is 17.4 Å². The molecule has 2 aromatic carbocycles. The lowest BCUT2D eigenvalue weighted by Crippen LogP contribution is -2.37. The standard InChI is InChI=1S/C20H16ClFN2OS/c21-16-8-2-1-7-15(16)20-23-14(12-26-20)11-18(25)24-10-4-6-13-5-3-9-17(22)19(13)24/h1-3,5,7-9,12H,4,6,10-11H2. The summed E-state index contributed by atoms with van der Waals surface area (Å²) < 4.78 is 14.3. The monoisotopic (exact) mass is 386 g/mol. The van der Waals surface area contributed by atoms with Gasteiger partial charge in [0.2, 0.25) is 5.91 Å². The number of fused-ring (bicyclic) bond motifs is 1. The van der Waals surface area contributed by atoms with Crippen LogP contribution in [0.1, 0.15) is 17.7 Å². The van der Waals surface area contributed by atoms with Crippen molar-refractivity contribution in [2.24, 2.45) is 0 Å². The molecular weight excluding hydrogens is 371 g/mol. The molecule has 2 heterocycles. The number of halogens is 2. The van der Waals surface area contributed by atoms with Crippen LogP contribution in [0.15, 0.2) is 47.8 Å². The summed E-state index contributed by atoms with van der Waals surface area (Å²) in [6, 6.07) is 12.5. The smallest absolute Gasteiger partial charge is 0.233 e. The molecule has 6 heteroatoms. The number of carbonyl (C=O) groups excluding carboxylic acids is 1. The van der Waals surface area contributed by atoms with Gasteiger partial charge in [-0.2, -0.15) is 0 Å². The van der Waals surface area contributed by atoms with Crippen LogP contribution in [0, 0.1) is 5.82 Å². The van der Waals surface area contributed by atoms with Crippen molar-refractivity contribution < 1.29 is 9.18 Å². The number of amides is 1. The molecule has 1 aliphatic rings. The lowest BCUT2D eigenvalue weighted by Gasteiger charge is -2.29. The zero-order valence-electron chi connectivity index (χ0n) is 13.9. The number of thiazole rings is 1. The van der Waals surface area contributed by atoms with Crippen molar-refractivity contribution in [1.82, 2.24) is 4.98 Å². The van der Waals surface area contributed by atoms with Crippen molar-refractivity contribution in [3.63, 3.8) is 0 Å². The van der Waals surface area contributed by atoms with Gasteiger partial charge in [-0.15, -0.1) is 11.3 Å². The molecule has 0 N–H and O–H groups in total. The highest BCUT2D eigenvalue weighted by atomic mass is 35.5. The third kappa shape index (κ3) is 3.24. The third-order valence-corrected chi connectivity index (χ3v) is 5.71. The van der Waals surface area contributed by atoms with E-state index in [-0.39, 0.29) is 18.1 Å². The van der Waals surface area contributed by atoms with E-state index in [4.69, 9.17) is 11.6 Å². The van der Waals surface area contributed by atoms with Gasteiger partial charge in [-0.25, -0.2) is 9.37 Å². The Bertz CT molecular complexity index is 972. The quantitative estimate of drug-likeness (QED) is 0.625. The largest absolute Gasteiger partial charge is 0.309 e. The Hall–Kier alpha value is -2.24. The summed E-state index contributed by atoms with van der Waals surface area (Å²) in [5, 5.41) is 3.28. The lowest BCUT2D eigenvalue weighted by atomic mass is 10.0. The van der Waals surface area contributed by atoms with Gasteiger partial charge >= 0.3 is 0 Å². The Morgan fingerprint density at radius 2 is 2.08 bits per heavy atom. The van der Waals surface area contributed by atoms with Gasteiger partial charge < -0.3 is 4.90 Å². The molecule has 0 fully saturated rings. The summed E-state index contributed by atoms with van der Waals surface area (Å²) in [7, 11) is 0.